The minimum atomic E-state index is -4.49. The van der Waals surface area contributed by atoms with Gasteiger partial charge in [-0.05, 0) is 19.4 Å². The maximum Gasteiger partial charge on any atom is 0.417 e. The van der Waals surface area contributed by atoms with E-state index in [0.29, 0.717) is 38.5 Å². The van der Waals surface area contributed by atoms with E-state index in [1.54, 1.807) is 7.05 Å². The molecular formula is C15H23ClF3IN4O2. The molecule has 0 saturated carbocycles. The third-order valence-electron chi connectivity index (χ3n) is 2.95. The molecule has 0 aromatic carbocycles. The van der Waals surface area contributed by atoms with Crippen LogP contribution in [0.4, 0.5) is 13.2 Å². The molecule has 1 aromatic rings. The first-order chi connectivity index (χ1) is 11.9. The van der Waals surface area contributed by atoms with Gasteiger partial charge in [-0.15, -0.1) is 24.0 Å². The summed E-state index contributed by atoms with van der Waals surface area (Å²) in [5.41, 5.74) is -0.917. The molecule has 0 amide bonds. The summed E-state index contributed by atoms with van der Waals surface area (Å²) in [6, 6.07) is 0.788. The fourth-order valence-corrected chi connectivity index (χ4v) is 1.97. The lowest BCUT2D eigenvalue weighted by molar-refractivity contribution is -0.137. The van der Waals surface area contributed by atoms with Crippen molar-refractivity contribution in [3.8, 4) is 5.88 Å². The Kier molecular flexibility index (Phi) is 12.7. The second-order valence-electron chi connectivity index (χ2n) is 4.83. The van der Waals surface area contributed by atoms with E-state index in [9.17, 15) is 13.2 Å². The predicted molar refractivity (Wildman–Crippen MR) is 106 cm³/mol. The summed E-state index contributed by atoms with van der Waals surface area (Å²) in [7, 11) is 1.63. The van der Waals surface area contributed by atoms with Crippen LogP contribution in [0, 0.1) is 0 Å². The Bertz CT molecular complexity index is 562. The Hall–Kier alpha value is -1.01. The summed E-state index contributed by atoms with van der Waals surface area (Å²) in [6.45, 7) is 4.53. The van der Waals surface area contributed by atoms with Gasteiger partial charge in [-0.2, -0.15) is 13.2 Å². The zero-order chi connectivity index (χ0) is 18.7. The van der Waals surface area contributed by atoms with Crippen molar-refractivity contribution in [3.05, 3.63) is 22.8 Å². The highest BCUT2D eigenvalue weighted by atomic mass is 127. The van der Waals surface area contributed by atoms with Gasteiger partial charge >= 0.3 is 6.18 Å². The van der Waals surface area contributed by atoms with E-state index in [1.165, 1.54) is 0 Å². The highest BCUT2D eigenvalue weighted by molar-refractivity contribution is 14.0. The van der Waals surface area contributed by atoms with Crippen molar-refractivity contribution in [2.24, 2.45) is 4.99 Å². The van der Waals surface area contributed by atoms with Crippen LogP contribution in [-0.2, 0) is 10.9 Å². The molecule has 0 aliphatic rings. The quantitative estimate of drug-likeness (QED) is 0.231. The molecule has 0 fully saturated rings. The molecular weight excluding hydrogens is 488 g/mol. The first kappa shape index (κ1) is 25.0. The van der Waals surface area contributed by atoms with E-state index in [4.69, 9.17) is 21.1 Å². The Labute approximate surface area is 172 Å². The van der Waals surface area contributed by atoms with Crippen molar-refractivity contribution in [2.75, 3.05) is 40.0 Å². The minimum absolute atomic E-state index is 0. The van der Waals surface area contributed by atoms with Gasteiger partial charge in [0.15, 0.2) is 5.96 Å². The summed E-state index contributed by atoms with van der Waals surface area (Å²) in [4.78, 5) is 7.64. The van der Waals surface area contributed by atoms with Crippen LogP contribution < -0.4 is 15.4 Å². The second-order valence-corrected chi connectivity index (χ2v) is 5.24. The van der Waals surface area contributed by atoms with Gasteiger partial charge in [-0.25, -0.2) is 4.98 Å². The van der Waals surface area contributed by atoms with Crippen molar-refractivity contribution < 1.29 is 22.6 Å². The van der Waals surface area contributed by atoms with E-state index in [0.717, 1.165) is 12.5 Å². The fraction of sp³-hybridized carbons (Fsp3) is 0.600. The standard InChI is InChI=1S/C15H22ClF3N4O2.HI/c1-3-24-7-4-5-21-14(20-2)22-6-8-25-13-12(16)9-11(10-23-13)15(17,18)19;/h9-10H,3-8H2,1-2H3,(H2,20,21,22);1H. The molecule has 0 atom stereocenters. The molecule has 0 spiro atoms. The summed E-state index contributed by atoms with van der Waals surface area (Å²) < 4.78 is 48.1. The normalized spacial score (nSPS) is 11.7. The van der Waals surface area contributed by atoms with Crippen molar-refractivity contribution >= 4 is 41.5 Å². The fourth-order valence-electron chi connectivity index (χ4n) is 1.75. The molecule has 0 radical (unpaired) electrons. The minimum Gasteiger partial charge on any atom is -0.475 e. The van der Waals surface area contributed by atoms with Gasteiger partial charge < -0.3 is 20.1 Å². The van der Waals surface area contributed by atoms with Gasteiger partial charge in [0.2, 0.25) is 5.88 Å². The van der Waals surface area contributed by atoms with Crippen LogP contribution in [0.3, 0.4) is 0 Å². The molecule has 0 aliphatic carbocycles. The van der Waals surface area contributed by atoms with Gasteiger partial charge in [0, 0.05) is 33.0 Å². The van der Waals surface area contributed by atoms with Crippen molar-refractivity contribution in [3.63, 3.8) is 0 Å². The van der Waals surface area contributed by atoms with Crippen molar-refractivity contribution in [1.82, 2.24) is 15.6 Å². The van der Waals surface area contributed by atoms with E-state index in [1.807, 2.05) is 6.92 Å². The molecule has 0 unspecified atom stereocenters. The number of halogens is 5. The maximum absolute atomic E-state index is 12.5. The van der Waals surface area contributed by atoms with Crippen LogP contribution in [0.2, 0.25) is 5.02 Å². The molecule has 0 saturated heterocycles. The number of guanidine groups is 1. The molecule has 150 valence electrons. The Morgan fingerprint density at radius 1 is 1.27 bits per heavy atom. The number of hydrogen-bond donors (Lipinski definition) is 2. The number of pyridine rings is 1. The van der Waals surface area contributed by atoms with E-state index >= 15 is 0 Å². The monoisotopic (exact) mass is 510 g/mol. The van der Waals surface area contributed by atoms with Gasteiger partial charge in [0.05, 0.1) is 12.1 Å². The van der Waals surface area contributed by atoms with Crippen LogP contribution in [-0.4, -0.2) is 50.9 Å². The number of ether oxygens (including phenoxy) is 2. The molecule has 6 nitrogen and oxygen atoms in total. The molecule has 1 heterocycles. The van der Waals surface area contributed by atoms with Crippen molar-refractivity contribution in [2.45, 2.75) is 19.5 Å². The van der Waals surface area contributed by atoms with E-state index in [2.05, 4.69) is 20.6 Å². The SMILES string of the molecule is CCOCCCNC(=NC)NCCOc1ncc(C(F)(F)F)cc1Cl.I. The number of nitrogens with zero attached hydrogens (tertiary/aromatic N) is 2. The average molecular weight is 511 g/mol. The predicted octanol–water partition coefficient (Wildman–Crippen LogP) is 3.34. The molecule has 11 heteroatoms. The Balaban J connectivity index is 0.00000625. The number of nitrogens with one attached hydrogen (secondary N) is 2. The first-order valence-corrected chi connectivity index (χ1v) is 8.14. The summed E-state index contributed by atoms with van der Waals surface area (Å²) in [6.07, 6.45) is -2.96. The van der Waals surface area contributed by atoms with Crippen LogP contribution in [0.1, 0.15) is 18.9 Å². The lowest BCUT2D eigenvalue weighted by Gasteiger charge is -2.13. The lowest BCUT2D eigenvalue weighted by Crippen LogP contribution is -2.39. The Morgan fingerprint density at radius 2 is 1.96 bits per heavy atom. The Morgan fingerprint density at radius 3 is 2.54 bits per heavy atom. The zero-order valence-electron chi connectivity index (χ0n) is 14.5. The number of rotatable bonds is 9. The summed E-state index contributed by atoms with van der Waals surface area (Å²) >= 11 is 5.76. The van der Waals surface area contributed by atoms with Gasteiger partial charge in [0.25, 0.3) is 0 Å². The number of hydrogen-bond acceptors (Lipinski definition) is 4. The van der Waals surface area contributed by atoms with Gasteiger partial charge in [-0.1, -0.05) is 11.6 Å². The first-order valence-electron chi connectivity index (χ1n) is 7.76. The van der Waals surface area contributed by atoms with Gasteiger partial charge in [0.1, 0.15) is 11.6 Å². The van der Waals surface area contributed by atoms with Crippen LogP contribution in [0.25, 0.3) is 0 Å². The number of alkyl halides is 3. The third-order valence-corrected chi connectivity index (χ3v) is 3.22. The molecule has 0 bridgehead atoms. The topological polar surface area (TPSA) is 67.8 Å². The smallest absolute Gasteiger partial charge is 0.417 e. The summed E-state index contributed by atoms with van der Waals surface area (Å²) in [5, 5.41) is 5.92. The van der Waals surface area contributed by atoms with E-state index in [-0.39, 0.29) is 41.5 Å². The molecule has 1 rings (SSSR count). The lowest BCUT2D eigenvalue weighted by atomic mass is 10.3. The molecule has 2 N–H and O–H groups in total. The second kappa shape index (κ2) is 13.2. The number of aliphatic imine (C=N–C) groups is 1. The largest absolute Gasteiger partial charge is 0.475 e. The van der Waals surface area contributed by atoms with Crippen LogP contribution in [0.5, 0.6) is 5.88 Å². The third kappa shape index (κ3) is 9.62. The summed E-state index contributed by atoms with van der Waals surface area (Å²) in [5.74, 6) is 0.544. The molecule has 26 heavy (non-hydrogen) atoms. The van der Waals surface area contributed by atoms with Gasteiger partial charge in [-0.3, -0.25) is 4.99 Å². The van der Waals surface area contributed by atoms with Crippen molar-refractivity contribution in [1.29, 1.82) is 0 Å². The highest BCUT2D eigenvalue weighted by Crippen LogP contribution is 2.32. The molecule has 0 aliphatic heterocycles. The zero-order valence-corrected chi connectivity index (χ0v) is 17.6. The van der Waals surface area contributed by atoms with Crippen LogP contribution in [0.15, 0.2) is 17.3 Å². The number of aromatic nitrogens is 1. The van der Waals surface area contributed by atoms with E-state index < -0.39 is 11.7 Å². The van der Waals surface area contributed by atoms with Crippen LogP contribution >= 0.6 is 35.6 Å². The highest BCUT2D eigenvalue weighted by Gasteiger charge is 2.31. The average Bonchev–Trinajstić information content (AvgIpc) is 2.56. The maximum atomic E-state index is 12.5. The molecule has 1 aromatic heterocycles.